The van der Waals surface area contributed by atoms with Gasteiger partial charge in [0.1, 0.15) is 0 Å². The molecule has 0 unspecified atom stereocenters. The second-order valence-electron chi connectivity index (χ2n) is 4.72. The van der Waals surface area contributed by atoms with Crippen molar-refractivity contribution in [3.05, 3.63) is 17.5 Å². The SMILES string of the molecule is Cc1c(C(=O)N=C(N)N)cnn1C1CCCCC1.Cl. The lowest BCUT2D eigenvalue weighted by atomic mass is 9.95. The molecule has 7 heteroatoms. The van der Waals surface area contributed by atoms with Gasteiger partial charge in [-0.1, -0.05) is 19.3 Å². The Morgan fingerprint density at radius 1 is 1.37 bits per heavy atom. The molecule has 1 fully saturated rings. The predicted octanol–water partition coefficient (Wildman–Crippen LogP) is 1.53. The molecule has 0 aromatic carbocycles. The number of carbonyl (C=O) groups is 1. The average molecular weight is 286 g/mol. The van der Waals surface area contributed by atoms with Crippen LogP contribution in [0.2, 0.25) is 0 Å². The van der Waals surface area contributed by atoms with Gasteiger partial charge in [-0.3, -0.25) is 9.48 Å². The quantitative estimate of drug-likeness (QED) is 0.636. The molecule has 4 N–H and O–H groups in total. The van der Waals surface area contributed by atoms with E-state index in [9.17, 15) is 4.79 Å². The van der Waals surface area contributed by atoms with Crippen molar-refractivity contribution in [1.29, 1.82) is 0 Å². The molecule has 0 bridgehead atoms. The third-order valence-corrected chi connectivity index (χ3v) is 3.43. The first-order valence-corrected chi connectivity index (χ1v) is 6.27. The lowest BCUT2D eigenvalue weighted by Crippen LogP contribution is -2.24. The molecule has 106 valence electrons. The van der Waals surface area contributed by atoms with Crippen LogP contribution in [0.15, 0.2) is 11.2 Å². The highest BCUT2D eigenvalue weighted by Gasteiger charge is 2.21. The van der Waals surface area contributed by atoms with E-state index < -0.39 is 5.91 Å². The number of nitrogens with zero attached hydrogens (tertiary/aromatic N) is 3. The fourth-order valence-corrected chi connectivity index (χ4v) is 2.50. The fraction of sp³-hybridized carbons (Fsp3) is 0.583. The average Bonchev–Trinajstić information content (AvgIpc) is 2.71. The Morgan fingerprint density at radius 3 is 2.58 bits per heavy atom. The van der Waals surface area contributed by atoms with Crippen molar-refractivity contribution in [3.63, 3.8) is 0 Å². The van der Waals surface area contributed by atoms with Crippen LogP contribution >= 0.6 is 12.4 Å². The van der Waals surface area contributed by atoms with Gasteiger partial charge in [0.2, 0.25) is 0 Å². The number of nitrogens with two attached hydrogens (primary N) is 2. The summed E-state index contributed by atoms with van der Waals surface area (Å²) >= 11 is 0. The van der Waals surface area contributed by atoms with Gasteiger partial charge in [-0.25, -0.2) is 0 Å². The van der Waals surface area contributed by atoms with Crippen LogP contribution in [-0.4, -0.2) is 21.6 Å². The van der Waals surface area contributed by atoms with Crippen molar-refractivity contribution in [2.45, 2.75) is 45.1 Å². The van der Waals surface area contributed by atoms with Crippen LogP contribution in [0.3, 0.4) is 0 Å². The first-order chi connectivity index (χ1) is 8.59. The summed E-state index contributed by atoms with van der Waals surface area (Å²) in [5.41, 5.74) is 11.7. The molecule has 0 radical (unpaired) electrons. The minimum Gasteiger partial charge on any atom is -0.370 e. The summed E-state index contributed by atoms with van der Waals surface area (Å²) in [6, 6.07) is 0.402. The van der Waals surface area contributed by atoms with Gasteiger partial charge in [0, 0.05) is 5.69 Å². The Morgan fingerprint density at radius 2 is 2.00 bits per heavy atom. The number of hydrogen-bond acceptors (Lipinski definition) is 2. The van der Waals surface area contributed by atoms with Crippen LogP contribution in [0.25, 0.3) is 0 Å². The number of carbonyl (C=O) groups excluding carboxylic acids is 1. The second-order valence-corrected chi connectivity index (χ2v) is 4.72. The minimum absolute atomic E-state index is 0. The summed E-state index contributed by atoms with van der Waals surface area (Å²) in [6.45, 7) is 1.89. The molecule has 2 rings (SSSR count). The molecule has 19 heavy (non-hydrogen) atoms. The topological polar surface area (TPSA) is 99.3 Å². The van der Waals surface area contributed by atoms with E-state index in [1.165, 1.54) is 19.3 Å². The Kier molecular flexibility index (Phi) is 5.35. The highest BCUT2D eigenvalue weighted by Crippen LogP contribution is 2.29. The van der Waals surface area contributed by atoms with E-state index in [1.54, 1.807) is 6.20 Å². The molecular formula is C12H20ClN5O. The largest absolute Gasteiger partial charge is 0.370 e. The van der Waals surface area contributed by atoms with Crippen molar-refractivity contribution in [2.75, 3.05) is 0 Å². The number of hydrogen-bond donors (Lipinski definition) is 2. The number of rotatable bonds is 2. The van der Waals surface area contributed by atoms with Crippen LogP contribution in [0.5, 0.6) is 0 Å². The monoisotopic (exact) mass is 285 g/mol. The fourth-order valence-electron chi connectivity index (χ4n) is 2.50. The van der Waals surface area contributed by atoms with Crippen LogP contribution in [0.1, 0.15) is 54.2 Å². The maximum absolute atomic E-state index is 11.8. The number of halogens is 1. The molecule has 1 amide bonds. The molecule has 1 aliphatic rings. The smallest absolute Gasteiger partial charge is 0.283 e. The van der Waals surface area contributed by atoms with Crippen molar-refractivity contribution < 1.29 is 4.79 Å². The van der Waals surface area contributed by atoms with Gasteiger partial charge in [-0.15, -0.1) is 12.4 Å². The third-order valence-electron chi connectivity index (χ3n) is 3.43. The van der Waals surface area contributed by atoms with Gasteiger partial charge in [-0.05, 0) is 19.8 Å². The predicted molar refractivity (Wildman–Crippen MR) is 76.5 cm³/mol. The zero-order chi connectivity index (χ0) is 13.1. The lowest BCUT2D eigenvalue weighted by Gasteiger charge is -2.23. The first kappa shape index (κ1) is 15.5. The number of amides is 1. The van der Waals surface area contributed by atoms with Gasteiger partial charge in [0.25, 0.3) is 5.91 Å². The molecular weight excluding hydrogens is 266 g/mol. The van der Waals surface area contributed by atoms with Gasteiger partial charge < -0.3 is 11.5 Å². The maximum Gasteiger partial charge on any atom is 0.283 e. The molecule has 1 heterocycles. The summed E-state index contributed by atoms with van der Waals surface area (Å²) in [7, 11) is 0. The van der Waals surface area contributed by atoms with E-state index in [1.807, 2.05) is 11.6 Å². The molecule has 0 saturated heterocycles. The van der Waals surface area contributed by atoms with Crippen molar-refractivity contribution in [3.8, 4) is 0 Å². The number of guanidine groups is 1. The van der Waals surface area contributed by atoms with Crippen molar-refractivity contribution >= 4 is 24.3 Å². The van der Waals surface area contributed by atoms with Crippen LogP contribution < -0.4 is 11.5 Å². The molecule has 1 aromatic rings. The summed E-state index contributed by atoms with van der Waals surface area (Å²) in [4.78, 5) is 15.3. The molecule has 1 saturated carbocycles. The van der Waals surface area contributed by atoms with E-state index in [2.05, 4.69) is 10.1 Å². The molecule has 0 spiro atoms. The van der Waals surface area contributed by atoms with Crippen LogP contribution in [0, 0.1) is 6.92 Å². The molecule has 0 atom stereocenters. The zero-order valence-corrected chi connectivity index (χ0v) is 11.8. The summed E-state index contributed by atoms with van der Waals surface area (Å²) in [5, 5.41) is 4.31. The standard InChI is InChI=1S/C12H19N5O.ClH/c1-8-10(11(18)16-12(13)14)7-15-17(8)9-5-3-2-4-6-9;/h7,9H,2-6H2,1H3,(H4,13,14,16,18);1H. The van der Waals surface area contributed by atoms with Gasteiger partial charge >= 0.3 is 0 Å². The lowest BCUT2D eigenvalue weighted by molar-refractivity contribution is 0.100. The van der Waals surface area contributed by atoms with Crippen molar-refractivity contribution in [1.82, 2.24) is 9.78 Å². The highest BCUT2D eigenvalue weighted by molar-refractivity contribution is 6.02. The van der Waals surface area contributed by atoms with Crippen LogP contribution in [-0.2, 0) is 0 Å². The maximum atomic E-state index is 11.8. The Bertz CT molecular complexity index is 472. The molecule has 0 aliphatic heterocycles. The van der Waals surface area contributed by atoms with Gasteiger partial charge in [-0.2, -0.15) is 10.1 Å². The Balaban J connectivity index is 0.00000180. The summed E-state index contributed by atoms with van der Waals surface area (Å²) in [5.74, 6) is -0.639. The zero-order valence-electron chi connectivity index (χ0n) is 11.0. The number of aliphatic imine (C=N–C) groups is 1. The Hall–Kier alpha value is -1.56. The highest BCUT2D eigenvalue weighted by atomic mass is 35.5. The summed E-state index contributed by atoms with van der Waals surface area (Å²) < 4.78 is 1.94. The van der Waals surface area contributed by atoms with Crippen molar-refractivity contribution in [2.24, 2.45) is 16.5 Å². The van der Waals surface area contributed by atoms with Gasteiger partial charge in [0.15, 0.2) is 5.96 Å². The first-order valence-electron chi connectivity index (χ1n) is 6.27. The molecule has 1 aromatic heterocycles. The van der Waals surface area contributed by atoms with E-state index in [0.717, 1.165) is 18.5 Å². The molecule has 1 aliphatic carbocycles. The second kappa shape index (κ2) is 6.56. The van der Waals surface area contributed by atoms with E-state index in [0.29, 0.717) is 11.6 Å². The summed E-state index contributed by atoms with van der Waals surface area (Å²) in [6.07, 6.45) is 7.54. The van der Waals surface area contributed by atoms with E-state index >= 15 is 0 Å². The van der Waals surface area contributed by atoms with Gasteiger partial charge in [0.05, 0.1) is 17.8 Å². The number of aromatic nitrogens is 2. The van der Waals surface area contributed by atoms with E-state index in [4.69, 9.17) is 11.5 Å². The molecule has 6 nitrogen and oxygen atoms in total. The normalized spacial score (nSPS) is 15.6. The van der Waals surface area contributed by atoms with E-state index in [-0.39, 0.29) is 18.4 Å². The van der Waals surface area contributed by atoms with Crippen LogP contribution in [0.4, 0.5) is 0 Å². The third kappa shape index (κ3) is 3.47. The minimum atomic E-state index is -0.422. The Labute approximate surface area is 118 Å².